The third-order valence-electron chi connectivity index (χ3n) is 4.46. The van der Waals surface area contributed by atoms with E-state index in [4.69, 9.17) is 9.47 Å². The summed E-state index contributed by atoms with van der Waals surface area (Å²) in [6.45, 7) is 4.42. The van der Waals surface area contributed by atoms with Gasteiger partial charge in [-0.25, -0.2) is 0 Å². The first-order valence-electron chi connectivity index (χ1n) is 8.70. The van der Waals surface area contributed by atoms with Crippen LogP contribution in [0.3, 0.4) is 0 Å². The molecule has 4 nitrogen and oxygen atoms in total. The van der Waals surface area contributed by atoms with Crippen LogP contribution < -0.4 is 4.74 Å². The number of fused-ring (bicyclic) bond motifs is 1. The fourth-order valence-electron chi connectivity index (χ4n) is 3.09. The molecule has 5 heteroatoms. The number of benzene rings is 2. The molecule has 0 aromatic heterocycles. The molecule has 0 unspecified atom stereocenters. The third-order valence-corrected chi connectivity index (χ3v) is 4.95. The number of rotatable bonds is 5. The zero-order valence-corrected chi connectivity index (χ0v) is 16.4. The summed E-state index contributed by atoms with van der Waals surface area (Å²) in [5, 5.41) is 0. The van der Waals surface area contributed by atoms with Crippen molar-refractivity contribution in [1.82, 2.24) is 0 Å². The van der Waals surface area contributed by atoms with Gasteiger partial charge in [0.15, 0.2) is 5.92 Å². The monoisotopic (exact) mass is 416 g/mol. The highest BCUT2D eigenvalue weighted by molar-refractivity contribution is 9.10. The van der Waals surface area contributed by atoms with E-state index in [1.807, 2.05) is 42.5 Å². The largest absolute Gasteiger partial charge is 0.465 e. The standard InChI is InChI=1S/C21H21BrO4/c1-13(2)10-11-25-20(23)19-18(14-6-4-3-5-7-14)16-12-15(22)8-9-17(16)26-21(19)24/h3-9,12-13,18-19H,10-11H2,1-2H3/t18-,19+/m1/s1. The molecule has 0 saturated carbocycles. The Bertz CT molecular complexity index is 801. The van der Waals surface area contributed by atoms with Crippen molar-refractivity contribution in [3.05, 3.63) is 64.1 Å². The van der Waals surface area contributed by atoms with Crippen molar-refractivity contribution in [1.29, 1.82) is 0 Å². The third kappa shape index (κ3) is 3.98. The summed E-state index contributed by atoms with van der Waals surface area (Å²) in [6.07, 6.45) is 0.756. The van der Waals surface area contributed by atoms with E-state index in [9.17, 15) is 9.59 Å². The molecule has 0 saturated heterocycles. The smallest absolute Gasteiger partial charge is 0.326 e. The molecule has 0 spiro atoms. The maximum Gasteiger partial charge on any atom is 0.326 e. The Labute approximate surface area is 161 Å². The number of esters is 2. The average molecular weight is 417 g/mol. The molecule has 0 radical (unpaired) electrons. The minimum absolute atomic E-state index is 0.299. The number of carbonyl (C=O) groups excluding carboxylic acids is 2. The van der Waals surface area contributed by atoms with Crippen molar-refractivity contribution in [3.8, 4) is 5.75 Å². The van der Waals surface area contributed by atoms with E-state index in [0.717, 1.165) is 22.0 Å². The van der Waals surface area contributed by atoms with Crippen LogP contribution in [0.2, 0.25) is 0 Å². The fourth-order valence-corrected chi connectivity index (χ4v) is 3.47. The van der Waals surface area contributed by atoms with E-state index in [2.05, 4.69) is 29.8 Å². The number of carbonyl (C=O) groups is 2. The maximum absolute atomic E-state index is 12.7. The van der Waals surface area contributed by atoms with Crippen molar-refractivity contribution >= 4 is 27.9 Å². The zero-order valence-electron chi connectivity index (χ0n) is 14.8. The van der Waals surface area contributed by atoms with E-state index >= 15 is 0 Å². The normalized spacial score (nSPS) is 19.0. The van der Waals surface area contributed by atoms with Crippen LogP contribution in [0, 0.1) is 11.8 Å². The molecule has 136 valence electrons. The Morgan fingerprint density at radius 3 is 2.62 bits per heavy atom. The summed E-state index contributed by atoms with van der Waals surface area (Å²) >= 11 is 3.46. The van der Waals surface area contributed by atoms with E-state index < -0.39 is 23.8 Å². The molecule has 1 aliphatic heterocycles. The highest BCUT2D eigenvalue weighted by atomic mass is 79.9. The second-order valence-corrected chi connectivity index (χ2v) is 7.73. The van der Waals surface area contributed by atoms with Gasteiger partial charge in [0.1, 0.15) is 5.75 Å². The van der Waals surface area contributed by atoms with Crippen molar-refractivity contribution in [2.45, 2.75) is 26.2 Å². The molecule has 1 aliphatic rings. The molecule has 2 aromatic carbocycles. The van der Waals surface area contributed by atoms with Crippen LogP contribution in [0.25, 0.3) is 0 Å². The lowest BCUT2D eigenvalue weighted by Crippen LogP contribution is -2.39. The van der Waals surface area contributed by atoms with Crippen LogP contribution in [-0.2, 0) is 14.3 Å². The average Bonchev–Trinajstić information content (AvgIpc) is 2.61. The molecule has 0 bridgehead atoms. The summed E-state index contributed by atoms with van der Waals surface area (Å²) < 4.78 is 11.7. The Morgan fingerprint density at radius 1 is 1.19 bits per heavy atom. The summed E-state index contributed by atoms with van der Waals surface area (Å²) in [7, 11) is 0. The van der Waals surface area contributed by atoms with Crippen LogP contribution in [0.15, 0.2) is 53.0 Å². The van der Waals surface area contributed by atoms with Crippen LogP contribution in [0.4, 0.5) is 0 Å². The number of halogens is 1. The van der Waals surface area contributed by atoms with Crippen LogP contribution in [0.5, 0.6) is 5.75 Å². The van der Waals surface area contributed by atoms with Gasteiger partial charge < -0.3 is 9.47 Å². The minimum Gasteiger partial charge on any atom is -0.465 e. The number of ether oxygens (including phenoxy) is 2. The molecule has 0 fully saturated rings. The summed E-state index contributed by atoms with van der Waals surface area (Å²) in [5.41, 5.74) is 1.69. The second-order valence-electron chi connectivity index (χ2n) is 6.82. The molecule has 2 aromatic rings. The van der Waals surface area contributed by atoms with Gasteiger partial charge in [0.2, 0.25) is 0 Å². The van der Waals surface area contributed by atoms with Gasteiger partial charge in [-0.1, -0.05) is 60.1 Å². The summed E-state index contributed by atoms with van der Waals surface area (Å²) in [6, 6.07) is 15.0. The first kappa shape index (κ1) is 18.6. The lowest BCUT2D eigenvalue weighted by Gasteiger charge is -2.31. The predicted molar refractivity (Wildman–Crippen MR) is 102 cm³/mol. The zero-order chi connectivity index (χ0) is 18.7. The highest BCUT2D eigenvalue weighted by Crippen LogP contribution is 2.43. The molecular weight excluding hydrogens is 396 g/mol. The van der Waals surface area contributed by atoms with E-state index in [-0.39, 0.29) is 0 Å². The van der Waals surface area contributed by atoms with E-state index in [0.29, 0.717) is 18.3 Å². The van der Waals surface area contributed by atoms with Gasteiger partial charge in [-0.3, -0.25) is 9.59 Å². The van der Waals surface area contributed by atoms with Gasteiger partial charge in [-0.05, 0) is 36.1 Å². The fraction of sp³-hybridized carbons (Fsp3) is 0.333. The van der Waals surface area contributed by atoms with Gasteiger partial charge in [-0.15, -0.1) is 0 Å². The van der Waals surface area contributed by atoms with Crippen LogP contribution in [-0.4, -0.2) is 18.5 Å². The molecule has 0 N–H and O–H groups in total. The predicted octanol–water partition coefficient (Wildman–Crippen LogP) is 4.71. The van der Waals surface area contributed by atoms with Gasteiger partial charge in [-0.2, -0.15) is 0 Å². The van der Waals surface area contributed by atoms with Crippen molar-refractivity contribution in [3.63, 3.8) is 0 Å². The summed E-state index contributed by atoms with van der Waals surface area (Å²) in [5.74, 6) is -1.64. The Hall–Kier alpha value is -2.14. The first-order chi connectivity index (χ1) is 12.5. The Balaban J connectivity index is 1.98. The molecule has 1 heterocycles. The Morgan fingerprint density at radius 2 is 1.92 bits per heavy atom. The van der Waals surface area contributed by atoms with Crippen molar-refractivity contribution < 1.29 is 19.1 Å². The SMILES string of the molecule is CC(C)CCOC(=O)[C@H]1C(=O)Oc2ccc(Br)cc2[C@H]1c1ccccc1. The second kappa shape index (κ2) is 8.04. The molecule has 2 atom stereocenters. The molecule has 3 rings (SSSR count). The minimum atomic E-state index is -1.01. The van der Waals surface area contributed by atoms with Gasteiger partial charge >= 0.3 is 11.9 Å². The molecule has 0 aliphatic carbocycles. The molecule has 26 heavy (non-hydrogen) atoms. The topological polar surface area (TPSA) is 52.6 Å². The first-order valence-corrected chi connectivity index (χ1v) is 9.49. The van der Waals surface area contributed by atoms with Crippen molar-refractivity contribution in [2.24, 2.45) is 11.8 Å². The summed E-state index contributed by atoms with van der Waals surface area (Å²) in [4.78, 5) is 25.4. The lowest BCUT2D eigenvalue weighted by atomic mass is 9.78. The van der Waals surface area contributed by atoms with Crippen LogP contribution in [0.1, 0.15) is 37.3 Å². The van der Waals surface area contributed by atoms with Crippen molar-refractivity contribution in [2.75, 3.05) is 6.61 Å². The maximum atomic E-state index is 12.7. The van der Waals surface area contributed by atoms with Gasteiger partial charge in [0.05, 0.1) is 6.61 Å². The quantitative estimate of drug-likeness (QED) is 0.402. The Kier molecular flexibility index (Phi) is 5.77. The number of hydrogen-bond acceptors (Lipinski definition) is 4. The van der Waals surface area contributed by atoms with E-state index in [1.54, 1.807) is 6.07 Å². The van der Waals surface area contributed by atoms with Gasteiger partial charge in [0, 0.05) is 16.0 Å². The highest BCUT2D eigenvalue weighted by Gasteiger charge is 2.44. The molecular formula is C21H21BrO4. The molecule has 0 amide bonds. The van der Waals surface area contributed by atoms with Crippen LogP contribution >= 0.6 is 15.9 Å². The van der Waals surface area contributed by atoms with Gasteiger partial charge in [0.25, 0.3) is 0 Å². The van der Waals surface area contributed by atoms with E-state index in [1.165, 1.54) is 0 Å². The lowest BCUT2D eigenvalue weighted by molar-refractivity contribution is -0.159. The number of hydrogen-bond donors (Lipinski definition) is 0.